The number of hydrogen-bond acceptors (Lipinski definition) is 2. The molecule has 0 radical (unpaired) electrons. The highest BCUT2D eigenvalue weighted by molar-refractivity contribution is 5.76. The lowest BCUT2D eigenvalue weighted by Crippen LogP contribution is -2.32. The summed E-state index contributed by atoms with van der Waals surface area (Å²) < 4.78 is 0. The Balaban J connectivity index is 1.70. The molecule has 2 N–H and O–H groups in total. The number of nitrogens with zero attached hydrogens (tertiary/aromatic N) is 1. The highest BCUT2D eigenvalue weighted by atomic mass is 16.2. The predicted octanol–water partition coefficient (Wildman–Crippen LogP) is 2.15. The molecule has 2 atom stereocenters. The predicted molar refractivity (Wildman–Crippen MR) is 69.5 cm³/mol. The second-order valence-corrected chi connectivity index (χ2v) is 5.98. The van der Waals surface area contributed by atoms with Gasteiger partial charge in [-0.3, -0.25) is 4.79 Å². The highest BCUT2D eigenvalue weighted by Gasteiger charge is 2.29. The van der Waals surface area contributed by atoms with Crippen molar-refractivity contribution in [2.45, 2.75) is 57.9 Å². The van der Waals surface area contributed by atoms with Crippen LogP contribution in [0.4, 0.5) is 0 Å². The van der Waals surface area contributed by atoms with Gasteiger partial charge in [-0.25, -0.2) is 0 Å². The van der Waals surface area contributed by atoms with Crippen LogP contribution >= 0.6 is 0 Å². The zero-order chi connectivity index (χ0) is 12.3. The Hall–Kier alpha value is -0.570. The number of likely N-dealkylation sites (tertiary alicyclic amines) is 1. The molecule has 0 spiro atoms. The maximum Gasteiger partial charge on any atom is 0.222 e. The first-order chi connectivity index (χ1) is 8.16. The minimum Gasteiger partial charge on any atom is -0.341 e. The number of carbonyl (C=O) groups is 1. The van der Waals surface area contributed by atoms with Crippen LogP contribution in [0.1, 0.15) is 51.9 Å². The van der Waals surface area contributed by atoms with Crippen molar-refractivity contribution in [2.75, 3.05) is 13.1 Å². The molecule has 1 heterocycles. The number of amides is 1. The first-order valence-electron chi connectivity index (χ1n) is 7.20. The Morgan fingerprint density at radius 2 is 1.94 bits per heavy atom. The molecule has 1 aliphatic heterocycles. The van der Waals surface area contributed by atoms with Gasteiger partial charge < -0.3 is 10.6 Å². The van der Waals surface area contributed by atoms with Gasteiger partial charge in [0.25, 0.3) is 0 Å². The van der Waals surface area contributed by atoms with Crippen molar-refractivity contribution in [1.29, 1.82) is 0 Å². The van der Waals surface area contributed by atoms with Crippen molar-refractivity contribution in [1.82, 2.24) is 4.90 Å². The maximum absolute atomic E-state index is 12.0. The third-order valence-corrected chi connectivity index (χ3v) is 4.51. The van der Waals surface area contributed by atoms with Crippen molar-refractivity contribution in [3.8, 4) is 0 Å². The van der Waals surface area contributed by atoms with E-state index >= 15 is 0 Å². The van der Waals surface area contributed by atoms with E-state index in [-0.39, 0.29) is 6.04 Å². The van der Waals surface area contributed by atoms with E-state index in [0.717, 1.165) is 31.8 Å². The molecule has 3 nitrogen and oxygen atoms in total. The van der Waals surface area contributed by atoms with Gasteiger partial charge in [0.1, 0.15) is 0 Å². The van der Waals surface area contributed by atoms with E-state index in [4.69, 9.17) is 5.73 Å². The lowest BCUT2D eigenvalue weighted by molar-refractivity contribution is -0.130. The van der Waals surface area contributed by atoms with Gasteiger partial charge in [0.2, 0.25) is 5.91 Å². The van der Waals surface area contributed by atoms with Crippen LogP contribution in [0.2, 0.25) is 0 Å². The first kappa shape index (κ1) is 12.9. The van der Waals surface area contributed by atoms with Crippen LogP contribution in [0.15, 0.2) is 0 Å². The molecular formula is C14H26N2O. The van der Waals surface area contributed by atoms with Crippen molar-refractivity contribution in [3.05, 3.63) is 0 Å². The van der Waals surface area contributed by atoms with E-state index in [2.05, 4.69) is 6.92 Å². The van der Waals surface area contributed by atoms with Crippen LogP contribution in [0.3, 0.4) is 0 Å². The van der Waals surface area contributed by atoms with Crippen molar-refractivity contribution in [3.63, 3.8) is 0 Å². The standard InChI is InChI=1S/C14H26N2O/c1-11-9-16(10-13(11)15)14(17)8-7-12-5-3-2-4-6-12/h11-13H,2-10,15H2,1H3. The largest absolute Gasteiger partial charge is 0.341 e. The Kier molecular flexibility index (Phi) is 4.43. The van der Waals surface area contributed by atoms with Crippen LogP contribution in [-0.4, -0.2) is 29.9 Å². The minimum atomic E-state index is 0.189. The van der Waals surface area contributed by atoms with Gasteiger partial charge >= 0.3 is 0 Å². The zero-order valence-corrected chi connectivity index (χ0v) is 11.0. The fraction of sp³-hybridized carbons (Fsp3) is 0.929. The molecule has 0 aromatic rings. The van der Waals surface area contributed by atoms with Gasteiger partial charge in [-0.15, -0.1) is 0 Å². The zero-order valence-electron chi connectivity index (χ0n) is 11.0. The monoisotopic (exact) mass is 238 g/mol. The second kappa shape index (κ2) is 5.85. The van der Waals surface area contributed by atoms with Crippen LogP contribution in [0.5, 0.6) is 0 Å². The molecule has 98 valence electrons. The highest BCUT2D eigenvalue weighted by Crippen LogP contribution is 2.28. The fourth-order valence-electron chi connectivity index (χ4n) is 3.16. The first-order valence-corrected chi connectivity index (χ1v) is 7.20. The van der Waals surface area contributed by atoms with Crippen LogP contribution in [0.25, 0.3) is 0 Å². The molecule has 0 aromatic heterocycles. The molecular weight excluding hydrogens is 212 g/mol. The minimum absolute atomic E-state index is 0.189. The van der Waals surface area contributed by atoms with Crippen molar-refractivity contribution < 1.29 is 4.79 Å². The summed E-state index contributed by atoms with van der Waals surface area (Å²) in [7, 11) is 0. The second-order valence-electron chi connectivity index (χ2n) is 5.98. The molecule has 3 heteroatoms. The Bertz CT molecular complexity index is 251. The molecule has 2 rings (SSSR count). The Labute approximate surface area is 105 Å². The van der Waals surface area contributed by atoms with E-state index in [1.165, 1.54) is 32.1 Å². The van der Waals surface area contributed by atoms with E-state index in [0.29, 0.717) is 11.8 Å². The van der Waals surface area contributed by atoms with E-state index in [1.807, 2.05) is 4.90 Å². The van der Waals surface area contributed by atoms with E-state index in [1.54, 1.807) is 0 Å². The summed E-state index contributed by atoms with van der Waals surface area (Å²) >= 11 is 0. The van der Waals surface area contributed by atoms with Crippen molar-refractivity contribution >= 4 is 5.91 Å². The summed E-state index contributed by atoms with van der Waals surface area (Å²) in [5.74, 6) is 1.60. The number of hydrogen-bond donors (Lipinski definition) is 1. The lowest BCUT2D eigenvalue weighted by atomic mass is 9.86. The lowest BCUT2D eigenvalue weighted by Gasteiger charge is -2.22. The topological polar surface area (TPSA) is 46.3 Å². The smallest absolute Gasteiger partial charge is 0.222 e. The molecule has 2 fully saturated rings. The molecule has 17 heavy (non-hydrogen) atoms. The summed E-state index contributed by atoms with van der Waals surface area (Å²) in [6.07, 6.45) is 8.63. The molecule has 1 amide bonds. The quantitative estimate of drug-likeness (QED) is 0.819. The van der Waals surface area contributed by atoms with Crippen LogP contribution in [0, 0.1) is 11.8 Å². The van der Waals surface area contributed by atoms with Crippen LogP contribution in [-0.2, 0) is 4.79 Å². The van der Waals surface area contributed by atoms with Crippen LogP contribution < -0.4 is 5.73 Å². The van der Waals surface area contributed by atoms with Gasteiger partial charge in [0, 0.05) is 25.6 Å². The SMILES string of the molecule is CC1CN(C(=O)CCC2CCCCC2)CC1N. The summed E-state index contributed by atoms with van der Waals surface area (Å²) in [6.45, 7) is 3.77. The normalized spacial score (nSPS) is 30.8. The summed E-state index contributed by atoms with van der Waals surface area (Å²) in [6, 6.07) is 0.189. The molecule has 1 saturated heterocycles. The van der Waals surface area contributed by atoms with E-state index < -0.39 is 0 Å². The molecule has 2 unspecified atom stereocenters. The number of carbonyl (C=O) groups excluding carboxylic acids is 1. The molecule has 0 aromatic carbocycles. The maximum atomic E-state index is 12.0. The molecule has 2 aliphatic rings. The average molecular weight is 238 g/mol. The summed E-state index contributed by atoms with van der Waals surface area (Å²) in [5, 5.41) is 0. The molecule has 0 bridgehead atoms. The third kappa shape index (κ3) is 3.44. The van der Waals surface area contributed by atoms with Crippen molar-refractivity contribution in [2.24, 2.45) is 17.6 Å². The number of nitrogens with two attached hydrogens (primary N) is 1. The van der Waals surface area contributed by atoms with Gasteiger partial charge in [-0.1, -0.05) is 39.0 Å². The van der Waals surface area contributed by atoms with E-state index in [9.17, 15) is 4.79 Å². The molecule has 1 aliphatic carbocycles. The molecule has 1 saturated carbocycles. The Morgan fingerprint density at radius 1 is 1.24 bits per heavy atom. The average Bonchev–Trinajstić information content (AvgIpc) is 2.68. The number of rotatable bonds is 3. The summed E-state index contributed by atoms with van der Waals surface area (Å²) in [4.78, 5) is 14.0. The van der Waals surface area contributed by atoms with Gasteiger partial charge in [0.15, 0.2) is 0 Å². The third-order valence-electron chi connectivity index (χ3n) is 4.51. The Morgan fingerprint density at radius 3 is 2.53 bits per heavy atom. The van der Waals surface area contributed by atoms with Gasteiger partial charge in [-0.05, 0) is 18.3 Å². The van der Waals surface area contributed by atoms with Gasteiger partial charge in [-0.2, -0.15) is 0 Å². The van der Waals surface area contributed by atoms with Gasteiger partial charge in [0.05, 0.1) is 0 Å². The summed E-state index contributed by atoms with van der Waals surface area (Å²) in [5.41, 5.74) is 5.95. The fourth-order valence-corrected chi connectivity index (χ4v) is 3.16.